The van der Waals surface area contributed by atoms with E-state index in [0.717, 1.165) is 12.5 Å². The quantitative estimate of drug-likeness (QED) is 0.272. The first-order chi connectivity index (χ1) is 20.8. The number of aromatic carboxylic acids is 1. The molecular weight excluding hydrogens is 555 g/mol. The van der Waals surface area contributed by atoms with Crippen LogP contribution in [0.15, 0.2) is 65.6 Å². The number of halogens is 1. The Hall–Kier alpha value is -5.41. The molecule has 0 radical (unpaired) electrons. The molecule has 12 heteroatoms. The monoisotopic (exact) mass is 580 g/mol. The molecule has 0 spiro atoms. The summed E-state index contributed by atoms with van der Waals surface area (Å²) in [6.45, 7) is 2.80. The van der Waals surface area contributed by atoms with Crippen molar-refractivity contribution in [1.82, 2.24) is 24.3 Å². The average molecular weight is 581 g/mol. The molecule has 1 aliphatic heterocycles. The number of nitrogens with zero attached hydrogens (tertiary/aromatic N) is 6. The zero-order valence-corrected chi connectivity index (χ0v) is 23.0. The third-order valence-corrected chi connectivity index (χ3v) is 7.39. The number of hydrogen-bond acceptors (Lipinski definition) is 8. The molecule has 0 saturated carbocycles. The highest BCUT2D eigenvalue weighted by atomic mass is 19.1. The van der Waals surface area contributed by atoms with E-state index in [1.165, 1.54) is 22.9 Å². The van der Waals surface area contributed by atoms with Crippen LogP contribution >= 0.6 is 0 Å². The lowest BCUT2D eigenvalue weighted by molar-refractivity contribution is -0.0590. The van der Waals surface area contributed by atoms with Crippen molar-refractivity contribution < 1.29 is 23.8 Å². The van der Waals surface area contributed by atoms with E-state index in [1.807, 2.05) is 10.6 Å². The molecule has 0 amide bonds. The van der Waals surface area contributed by atoms with Crippen LogP contribution in [0.4, 0.5) is 4.39 Å². The van der Waals surface area contributed by atoms with E-state index in [4.69, 9.17) is 14.7 Å². The zero-order chi connectivity index (χ0) is 30.1. The summed E-state index contributed by atoms with van der Waals surface area (Å²) in [7, 11) is 0. The Bertz CT molecular complexity index is 1970. The maximum absolute atomic E-state index is 14.3. The molecule has 1 atom stereocenters. The maximum atomic E-state index is 14.3. The molecule has 216 valence electrons. The van der Waals surface area contributed by atoms with Crippen LogP contribution in [0.5, 0.6) is 5.88 Å². The summed E-state index contributed by atoms with van der Waals surface area (Å²) >= 11 is 0. The number of ether oxygens (including phenoxy) is 2. The minimum Gasteiger partial charge on any atom is -0.478 e. The molecule has 1 fully saturated rings. The van der Waals surface area contributed by atoms with Crippen molar-refractivity contribution >= 4 is 17.0 Å². The normalized spacial score (nSPS) is 14.3. The highest BCUT2D eigenvalue weighted by Crippen LogP contribution is 2.24. The van der Waals surface area contributed by atoms with Gasteiger partial charge in [0.1, 0.15) is 24.8 Å². The van der Waals surface area contributed by atoms with E-state index < -0.39 is 11.8 Å². The van der Waals surface area contributed by atoms with Gasteiger partial charge in [0.2, 0.25) is 5.88 Å². The van der Waals surface area contributed by atoms with Gasteiger partial charge in [-0.25, -0.2) is 23.8 Å². The molecule has 1 N–H and O–H groups in total. The Morgan fingerprint density at radius 2 is 2.05 bits per heavy atom. The van der Waals surface area contributed by atoms with Gasteiger partial charge in [0, 0.05) is 29.4 Å². The summed E-state index contributed by atoms with van der Waals surface area (Å²) in [5.41, 5.74) is 2.95. The minimum absolute atomic E-state index is 0.0209. The Kier molecular flexibility index (Phi) is 7.40. The van der Waals surface area contributed by atoms with Gasteiger partial charge in [-0.1, -0.05) is 12.1 Å². The number of benzene rings is 2. The van der Waals surface area contributed by atoms with E-state index in [2.05, 4.69) is 15.1 Å². The molecule has 1 saturated heterocycles. The minimum atomic E-state index is -1.04. The van der Waals surface area contributed by atoms with Crippen molar-refractivity contribution in [3.8, 4) is 23.2 Å². The molecule has 5 aromatic rings. The second-order valence-electron chi connectivity index (χ2n) is 10.1. The van der Waals surface area contributed by atoms with Crippen molar-refractivity contribution in [3.63, 3.8) is 0 Å². The van der Waals surface area contributed by atoms with E-state index >= 15 is 0 Å². The van der Waals surface area contributed by atoms with Crippen molar-refractivity contribution in [3.05, 3.63) is 105 Å². The fourth-order valence-electron chi connectivity index (χ4n) is 4.88. The molecule has 1 aliphatic rings. The number of carboxylic acid groups (broad SMARTS) is 1. The third-order valence-electron chi connectivity index (χ3n) is 7.39. The molecule has 11 nitrogen and oxygen atoms in total. The lowest BCUT2D eigenvalue weighted by Crippen LogP contribution is -2.33. The number of imidazole rings is 1. The predicted molar refractivity (Wildman–Crippen MR) is 152 cm³/mol. The van der Waals surface area contributed by atoms with Gasteiger partial charge in [-0.05, 0) is 49.7 Å². The number of carboxylic acids is 1. The molecule has 43 heavy (non-hydrogen) atoms. The Morgan fingerprint density at radius 3 is 2.77 bits per heavy atom. The topological polar surface area (TPSA) is 145 Å². The van der Waals surface area contributed by atoms with Crippen LogP contribution < -0.4 is 10.3 Å². The third kappa shape index (κ3) is 5.58. The van der Waals surface area contributed by atoms with Crippen molar-refractivity contribution in [1.29, 1.82) is 5.26 Å². The smallest absolute Gasteiger partial charge is 0.335 e. The number of aromatic nitrogens is 5. The standard InChI is InChI=1S/C31H25FN6O5/c1-18-23(25-3-2-4-29(36-25)43-17-21-6-5-19(13-33)11-24(21)32)14-34-38(30(18)39)16-28-35-26-8-7-20(31(40)41)12-27(26)37(28)15-22-9-10-42-22/h2-8,11-12,14,22H,9-10,15-17H2,1H3,(H,40,41). The van der Waals surface area contributed by atoms with Gasteiger partial charge in [-0.2, -0.15) is 10.4 Å². The van der Waals surface area contributed by atoms with Crippen LogP contribution in [0, 0.1) is 24.1 Å². The second-order valence-corrected chi connectivity index (χ2v) is 10.1. The van der Waals surface area contributed by atoms with Crippen LogP contribution in [0.2, 0.25) is 0 Å². The highest BCUT2D eigenvalue weighted by molar-refractivity contribution is 5.92. The SMILES string of the molecule is Cc1c(-c2cccc(OCc3ccc(C#N)cc3F)n2)cnn(Cc2nc3ccc(C(=O)O)cc3n2CC2CCO2)c1=O. The summed E-state index contributed by atoms with van der Waals surface area (Å²) in [5.74, 6) is -0.796. The lowest BCUT2D eigenvalue weighted by Gasteiger charge is -2.27. The molecule has 2 aromatic carbocycles. The molecule has 6 rings (SSSR count). The summed E-state index contributed by atoms with van der Waals surface area (Å²) in [6, 6.07) is 15.8. The van der Waals surface area contributed by atoms with Gasteiger partial charge in [-0.3, -0.25) is 4.79 Å². The van der Waals surface area contributed by atoms with Gasteiger partial charge in [0.05, 0.1) is 52.8 Å². The average Bonchev–Trinajstić information content (AvgIpc) is 3.32. The molecule has 0 bridgehead atoms. The Balaban J connectivity index is 1.26. The summed E-state index contributed by atoms with van der Waals surface area (Å²) in [5, 5.41) is 22.8. The predicted octanol–water partition coefficient (Wildman–Crippen LogP) is 4.09. The fourth-order valence-corrected chi connectivity index (χ4v) is 4.88. The Morgan fingerprint density at radius 1 is 1.21 bits per heavy atom. The number of carbonyl (C=O) groups is 1. The van der Waals surface area contributed by atoms with Gasteiger partial charge in [-0.15, -0.1) is 0 Å². The molecular formula is C31H25FN6O5. The molecule has 0 aliphatic carbocycles. The highest BCUT2D eigenvalue weighted by Gasteiger charge is 2.23. The number of nitriles is 1. The molecule has 4 heterocycles. The summed E-state index contributed by atoms with van der Waals surface area (Å²) in [6.07, 6.45) is 2.41. The van der Waals surface area contributed by atoms with E-state index in [9.17, 15) is 19.1 Å². The van der Waals surface area contributed by atoms with Gasteiger partial charge in [0.15, 0.2) is 0 Å². The number of rotatable bonds is 9. The van der Waals surface area contributed by atoms with Crippen LogP contribution in [0.1, 0.15) is 39.3 Å². The number of pyridine rings is 1. The zero-order valence-electron chi connectivity index (χ0n) is 23.0. The second kappa shape index (κ2) is 11.5. The summed E-state index contributed by atoms with van der Waals surface area (Å²) in [4.78, 5) is 34.2. The van der Waals surface area contributed by atoms with E-state index in [0.29, 0.717) is 46.8 Å². The molecule has 3 aromatic heterocycles. The van der Waals surface area contributed by atoms with Crippen molar-refractivity contribution in [2.75, 3.05) is 6.61 Å². The first-order valence-electron chi connectivity index (χ1n) is 13.5. The first-order valence-corrected chi connectivity index (χ1v) is 13.5. The lowest BCUT2D eigenvalue weighted by atomic mass is 10.1. The summed E-state index contributed by atoms with van der Waals surface area (Å²) < 4.78 is 28.8. The van der Waals surface area contributed by atoms with E-state index in [-0.39, 0.29) is 47.4 Å². The number of hydrogen-bond donors (Lipinski definition) is 1. The van der Waals surface area contributed by atoms with Crippen LogP contribution in [-0.4, -0.2) is 48.1 Å². The van der Waals surface area contributed by atoms with Gasteiger partial charge >= 0.3 is 5.97 Å². The van der Waals surface area contributed by atoms with Crippen LogP contribution in [0.3, 0.4) is 0 Å². The van der Waals surface area contributed by atoms with Crippen LogP contribution in [-0.2, 0) is 24.4 Å². The number of fused-ring (bicyclic) bond motifs is 1. The van der Waals surface area contributed by atoms with Crippen molar-refractivity contribution in [2.24, 2.45) is 0 Å². The maximum Gasteiger partial charge on any atom is 0.335 e. The molecule has 1 unspecified atom stereocenters. The van der Waals surface area contributed by atoms with Gasteiger partial charge < -0.3 is 19.1 Å². The van der Waals surface area contributed by atoms with Crippen molar-refractivity contribution in [2.45, 2.75) is 39.1 Å². The van der Waals surface area contributed by atoms with Gasteiger partial charge in [0.25, 0.3) is 5.56 Å². The fraction of sp³-hybridized carbons (Fsp3) is 0.226. The Labute approximate surface area is 244 Å². The first kappa shape index (κ1) is 27.7. The largest absolute Gasteiger partial charge is 0.478 e. The van der Waals surface area contributed by atoms with Crippen LogP contribution in [0.25, 0.3) is 22.3 Å². The van der Waals surface area contributed by atoms with E-state index in [1.54, 1.807) is 43.5 Å².